The Kier molecular flexibility index (Phi) is 6.07. The number of carbonyl (C=O) groups excluding carboxylic acids is 1. The lowest BCUT2D eigenvalue weighted by Crippen LogP contribution is -2.35. The van der Waals surface area contributed by atoms with Gasteiger partial charge in [0, 0.05) is 40.6 Å². The molecule has 182 valence electrons. The molecular formula is C27H19ClN6O2S. The van der Waals surface area contributed by atoms with Gasteiger partial charge in [0.05, 0.1) is 17.1 Å². The second-order valence-corrected chi connectivity index (χ2v) is 9.60. The van der Waals surface area contributed by atoms with Crippen molar-refractivity contribution in [2.45, 2.75) is 6.54 Å². The number of hydrazone groups is 1. The zero-order valence-electron chi connectivity index (χ0n) is 19.3. The fourth-order valence-corrected chi connectivity index (χ4v) is 5.22. The van der Waals surface area contributed by atoms with Crippen LogP contribution in [0.2, 0.25) is 5.02 Å². The van der Waals surface area contributed by atoms with Crippen LogP contribution < -0.4 is 4.74 Å². The van der Waals surface area contributed by atoms with Crippen LogP contribution in [-0.4, -0.2) is 43.1 Å². The standard InChI is InChI=1S/C27H19ClN6O2S/c28-21-8-2-4-10-23(21)36-13-12-33-16-18(19-7-1-3-9-22(19)33)14-20-24(29)34-27(31-25(20)35)37-26(32-34)17-6-5-11-30-15-17/h1-11,14-16,29H,12-13H2. The number of amidine groups is 2. The molecule has 0 fully saturated rings. The van der Waals surface area contributed by atoms with E-state index in [1.54, 1.807) is 24.5 Å². The summed E-state index contributed by atoms with van der Waals surface area (Å²) in [7, 11) is 0. The molecule has 4 heterocycles. The van der Waals surface area contributed by atoms with E-state index in [1.807, 2.05) is 60.8 Å². The van der Waals surface area contributed by atoms with Crippen molar-refractivity contribution in [3.8, 4) is 5.75 Å². The quantitative estimate of drug-likeness (QED) is 0.338. The average Bonchev–Trinajstić information content (AvgIpc) is 3.50. The van der Waals surface area contributed by atoms with E-state index in [2.05, 4.69) is 19.6 Å². The first-order valence-electron chi connectivity index (χ1n) is 11.4. The van der Waals surface area contributed by atoms with E-state index < -0.39 is 5.91 Å². The topological polar surface area (TPSA) is 95.9 Å². The van der Waals surface area contributed by atoms with Crippen molar-refractivity contribution in [1.29, 1.82) is 5.41 Å². The molecule has 2 aromatic heterocycles. The molecule has 0 spiro atoms. The van der Waals surface area contributed by atoms with Gasteiger partial charge in [0.15, 0.2) is 5.84 Å². The number of nitrogens with one attached hydrogen (secondary N) is 1. The number of aromatic nitrogens is 2. The third-order valence-electron chi connectivity index (χ3n) is 5.91. The van der Waals surface area contributed by atoms with Gasteiger partial charge in [-0.05, 0) is 48.2 Å². The molecule has 37 heavy (non-hydrogen) atoms. The molecule has 10 heteroatoms. The largest absolute Gasteiger partial charge is 0.490 e. The van der Waals surface area contributed by atoms with Crippen LogP contribution in [-0.2, 0) is 11.3 Å². The molecule has 4 aromatic rings. The third-order valence-corrected chi connectivity index (χ3v) is 7.18. The Hall–Kier alpha value is -4.21. The van der Waals surface area contributed by atoms with Gasteiger partial charge in [-0.25, -0.2) is 0 Å². The summed E-state index contributed by atoms with van der Waals surface area (Å²) in [6, 6.07) is 19.0. The molecule has 2 aliphatic heterocycles. The SMILES string of the molecule is N=C1C(=Cc2cn(CCOc3ccccc3Cl)c3ccccc23)C(=O)N=C2SC(c3cccnc3)=NN12. The highest BCUT2D eigenvalue weighted by molar-refractivity contribution is 8.27. The highest BCUT2D eigenvalue weighted by Gasteiger charge is 2.36. The Morgan fingerprint density at radius 1 is 1.08 bits per heavy atom. The van der Waals surface area contributed by atoms with Crippen LogP contribution in [0.1, 0.15) is 11.1 Å². The van der Waals surface area contributed by atoms with Gasteiger partial charge in [0.2, 0.25) is 5.17 Å². The first kappa shape index (κ1) is 23.2. The zero-order valence-corrected chi connectivity index (χ0v) is 20.9. The number of fused-ring (bicyclic) bond motifs is 2. The highest BCUT2D eigenvalue weighted by atomic mass is 35.5. The van der Waals surface area contributed by atoms with Crippen molar-refractivity contribution in [2.75, 3.05) is 6.61 Å². The van der Waals surface area contributed by atoms with E-state index in [1.165, 1.54) is 16.8 Å². The number of hydrogen-bond acceptors (Lipinski definition) is 6. The number of hydrogen-bond donors (Lipinski definition) is 1. The van der Waals surface area contributed by atoms with Crippen LogP contribution in [0.15, 0.2) is 94.9 Å². The molecule has 0 aliphatic carbocycles. The minimum Gasteiger partial charge on any atom is -0.490 e. The van der Waals surface area contributed by atoms with Crippen LogP contribution in [0.5, 0.6) is 5.75 Å². The predicted octanol–water partition coefficient (Wildman–Crippen LogP) is 5.44. The Morgan fingerprint density at radius 3 is 2.76 bits per heavy atom. The van der Waals surface area contributed by atoms with Crippen LogP contribution in [0.3, 0.4) is 0 Å². The number of rotatable bonds is 6. The van der Waals surface area contributed by atoms with Crippen molar-refractivity contribution in [2.24, 2.45) is 10.1 Å². The lowest BCUT2D eigenvalue weighted by atomic mass is 10.1. The maximum atomic E-state index is 13.0. The molecule has 6 rings (SSSR count). The van der Waals surface area contributed by atoms with Gasteiger partial charge >= 0.3 is 0 Å². The van der Waals surface area contributed by atoms with Crippen molar-refractivity contribution in [1.82, 2.24) is 14.6 Å². The van der Waals surface area contributed by atoms with Crippen molar-refractivity contribution in [3.05, 3.63) is 101 Å². The molecule has 0 atom stereocenters. The number of thioether (sulfide) groups is 1. The monoisotopic (exact) mass is 526 g/mol. The number of ether oxygens (including phenoxy) is 1. The summed E-state index contributed by atoms with van der Waals surface area (Å²) in [4.78, 5) is 21.3. The van der Waals surface area contributed by atoms with Gasteiger partial charge in [-0.15, -0.1) is 0 Å². The summed E-state index contributed by atoms with van der Waals surface area (Å²) in [5.74, 6) is 0.151. The lowest BCUT2D eigenvalue weighted by Gasteiger charge is -2.20. The summed E-state index contributed by atoms with van der Waals surface area (Å²) < 4.78 is 7.94. The first-order chi connectivity index (χ1) is 18.1. The number of nitrogens with zero attached hydrogens (tertiary/aromatic N) is 5. The van der Waals surface area contributed by atoms with E-state index in [0.717, 1.165) is 22.0 Å². The maximum Gasteiger partial charge on any atom is 0.283 e. The summed E-state index contributed by atoms with van der Waals surface area (Å²) in [6.07, 6.45) is 7.04. The lowest BCUT2D eigenvalue weighted by molar-refractivity contribution is -0.114. The molecule has 0 radical (unpaired) electrons. The van der Waals surface area contributed by atoms with E-state index in [0.29, 0.717) is 34.1 Å². The number of amides is 1. The molecule has 0 bridgehead atoms. The fraction of sp³-hybridized carbons (Fsp3) is 0.0741. The molecule has 0 unspecified atom stereocenters. The molecule has 1 N–H and O–H groups in total. The van der Waals surface area contributed by atoms with Gasteiger partial charge in [0.1, 0.15) is 17.4 Å². The molecule has 2 aromatic carbocycles. The molecule has 0 saturated heterocycles. The maximum absolute atomic E-state index is 13.0. The number of pyridine rings is 1. The van der Waals surface area contributed by atoms with Gasteiger partial charge < -0.3 is 9.30 Å². The van der Waals surface area contributed by atoms with Gasteiger partial charge in [-0.2, -0.15) is 15.1 Å². The summed E-state index contributed by atoms with van der Waals surface area (Å²) >= 11 is 7.45. The van der Waals surface area contributed by atoms with E-state index in [9.17, 15) is 4.79 Å². The Bertz CT molecular complexity index is 1640. The molecular weight excluding hydrogens is 508 g/mol. The van der Waals surface area contributed by atoms with E-state index in [4.69, 9.17) is 21.7 Å². The minimum absolute atomic E-state index is 0.0136. The average molecular weight is 527 g/mol. The van der Waals surface area contributed by atoms with Crippen molar-refractivity contribution >= 4 is 62.3 Å². The number of para-hydroxylation sites is 2. The first-order valence-corrected chi connectivity index (χ1v) is 12.6. The summed E-state index contributed by atoms with van der Waals surface area (Å²) in [5.41, 5.74) is 2.78. The summed E-state index contributed by atoms with van der Waals surface area (Å²) in [6.45, 7) is 0.988. The van der Waals surface area contributed by atoms with Gasteiger partial charge in [-0.1, -0.05) is 41.9 Å². The smallest absolute Gasteiger partial charge is 0.283 e. The van der Waals surface area contributed by atoms with Crippen molar-refractivity contribution < 1.29 is 9.53 Å². The number of aliphatic imine (C=N–C) groups is 1. The molecule has 1 amide bonds. The van der Waals surface area contributed by atoms with Crippen LogP contribution in [0, 0.1) is 5.41 Å². The van der Waals surface area contributed by atoms with E-state index in [-0.39, 0.29) is 11.4 Å². The summed E-state index contributed by atoms with van der Waals surface area (Å²) in [5, 5.41) is 17.2. The Balaban J connectivity index is 1.29. The normalized spacial score (nSPS) is 16.2. The van der Waals surface area contributed by atoms with Crippen LogP contribution in [0.25, 0.3) is 17.0 Å². The number of halogens is 1. The Labute approximate surface area is 221 Å². The van der Waals surface area contributed by atoms with E-state index >= 15 is 0 Å². The predicted molar refractivity (Wildman–Crippen MR) is 147 cm³/mol. The van der Waals surface area contributed by atoms with Crippen molar-refractivity contribution in [3.63, 3.8) is 0 Å². The third kappa shape index (κ3) is 4.43. The molecule has 2 aliphatic rings. The second kappa shape index (κ2) is 9.68. The minimum atomic E-state index is -0.467. The van der Waals surface area contributed by atoms with Gasteiger partial charge in [0.25, 0.3) is 5.91 Å². The fourth-order valence-electron chi connectivity index (χ4n) is 4.14. The van der Waals surface area contributed by atoms with Crippen LogP contribution >= 0.6 is 23.4 Å². The van der Waals surface area contributed by atoms with Gasteiger partial charge in [-0.3, -0.25) is 15.2 Å². The number of carbonyl (C=O) groups is 1. The highest BCUT2D eigenvalue weighted by Crippen LogP contribution is 2.32. The Morgan fingerprint density at radius 2 is 1.92 bits per heavy atom. The zero-order chi connectivity index (χ0) is 25.4. The number of benzene rings is 2. The van der Waals surface area contributed by atoms with Crippen LogP contribution in [0.4, 0.5) is 0 Å². The second-order valence-electron chi connectivity index (χ2n) is 8.24. The molecule has 8 nitrogen and oxygen atoms in total. The molecule has 0 saturated carbocycles.